The molecule has 0 aliphatic heterocycles. The number of nitrogens with zero attached hydrogens (tertiary/aromatic N) is 2. The number of unbranched alkanes of at least 4 members (excludes halogenated alkanes) is 9. The maximum Gasteiger partial charge on any atom is 0.444 e. The second-order valence-corrected chi connectivity index (χ2v) is 8.34. The summed E-state index contributed by atoms with van der Waals surface area (Å²) in [5, 5.41) is 4.16. The summed E-state index contributed by atoms with van der Waals surface area (Å²) in [5.41, 5.74) is 1.70. The van der Waals surface area contributed by atoms with E-state index in [2.05, 4.69) is 12.0 Å². The third-order valence-corrected chi connectivity index (χ3v) is 5.58. The fourth-order valence-electron chi connectivity index (χ4n) is 3.66. The Bertz CT molecular complexity index is 964. The molecule has 0 N–H and O–H groups in total. The molecular formula is C27H36N2O4. The Labute approximate surface area is 196 Å². The highest BCUT2D eigenvalue weighted by Gasteiger charge is 2.11. The number of aromatic nitrogens is 2. The molecule has 178 valence electrons. The summed E-state index contributed by atoms with van der Waals surface area (Å²) in [4.78, 5) is 12.2. The van der Waals surface area contributed by atoms with Gasteiger partial charge in [-0.1, -0.05) is 100 Å². The van der Waals surface area contributed by atoms with Gasteiger partial charge in [-0.15, -0.1) is 0 Å². The van der Waals surface area contributed by atoms with E-state index in [0.717, 1.165) is 24.2 Å². The maximum absolute atomic E-state index is 12.2. The summed E-state index contributed by atoms with van der Waals surface area (Å²) in [5.74, 6) is 0.155. The van der Waals surface area contributed by atoms with Crippen molar-refractivity contribution in [3.05, 3.63) is 70.7 Å². The van der Waals surface area contributed by atoms with Crippen LogP contribution in [0, 0.1) is 0 Å². The summed E-state index contributed by atoms with van der Waals surface area (Å²) in [6.45, 7) is 3.24. The van der Waals surface area contributed by atoms with Gasteiger partial charge in [0, 0.05) is 0 Å². The first-order valence-electron chi connectivity index (χ1n) is 12.3. The van der Waals surface area contributed by atoms with E-state index < -0.39 is 5.76 Å². The maximum atomic E-state index is 12.2. The van der Waals surface area contributed by atoms with Crippen LogP contribution in [0.15, 0.2) is 63.8 Å². The molecule has 0 aliphatic carbocycles. The van der Waals surface area contributed by atoms with E-state index in [1.807, 2.05) is 42.5 Å². The Morgan fingerprint density at radius 1 is 0.788 bits per heavy atom. The fraction of sp³-hybridized carbons (Fsp3) is 0.481. The lowest BCUT2D eigenvalue weighted by Crippen LogP contribution is -2.13. The molecule has 6 nitrogen and oxygen atoms in total. The minimum atomic E-state index is -0.564. The Balaban J connectivity index is 1.35. The van der Waals surface area contributed by atoms with Gasteiger partial charge in [0.1, 0.15) is 12.4 Å². The van der Waals surface area contributed by atoms with Crippen LogP contribution in [0.3, 0.4) is 0 Å². The van der Waals surface area contributed by atoms with Crippen molar-refractivity contribution in [3.8, 4) is 17.5 Å². The second-order valence-electron chi connectivity index (χ2n) is 8.34. The Morgan fingerprint density at radius 2 is 1.42 bits per heavy atom. The van der Waals surface area contributed by atoms with Gasteiger partial charge in [0.2, 0.25) is 0 Å². The van der Waals surface area contributed by atoms with Gasteiger partial charge in [0.15, 0.2) is 0 Å². The van der Waals surface area contributed by atoms with E-state index in [-0.39, 0.29) is 6.08 Å². The molecule has 1 heterocycles. The number of hydrogen-bond donors (Lipinski definition) is 0. The minimum absolute atomic E-state index is 0.0142. The first-order chi connectivity index (χ1) is 16.3. The molecule has 0 fully saturated rings. The summed E-state index contributed by atoms with van der Waals surface area (Å²) >= 11 is 0. The van der Waals surface area contributed by atoms with Crippen LogP contribution in [-0.2, 0) is 6.61 Å². The second kappa shape index (κ2) is 14.2. The van der Waals surface area contributed by atoms with E-state index in [4.69, 9.17) is 13.9 Å². The van der Waals surface area contributed by atoms with Crippen molar-refractivity contribution in [3.63, 3.8) is 0 Å². The Kier molecular flexibility index (Phi) is 10.6. The zero-order chi connectivity index (χ0) is 23.1. The molecule has 0 saturated carbocycles. The predicted octanol–water partition coefficient (Wildman–Crippen LogP) is 6.70. The quantitative estimate of drug-likeness (QED) is 0.226. The van der Waals surface area contributed by atoms with Gasteiger partial charge in [-0.25, -0.2) is 4.79 Å². The standard InChI is InChI=1S/C27H36N2O4/c1-2-3-4-5-6-7-8-9-10-14-21-31-26-28-29(27(30)33-26)24-17-19-25(20-18-24)32-22-23-15-12-11-13-16-23/h11-13,15-20H,2-10,14,21-22H2,1H3. The molecular weight excluding hydrogens is 416 g/mol. The van der Waals surface area contributed by atoms with E-state index in [1.54, 1.807) is 12.1 Å². The summed E-state index contributed by atoms with van der Waals surface area (Å²) in [6.07, 6.45) is 12.6. The highest BCUT2D eigenvalue weighted by atomic mass is 16.6. The van der Waals surface area contributed by atoms with Gasteiger partial charge < -0.3 is 13.9 Å². The Morgan fingerprint density at radius 3 is 2.09 bits per heavy atom. The number of benzene rings is 2. The lowest BCUT2D eigenvalue weighted by Gasteiger charge is -2.06. The molecule has 0 saturated heterocycles. The molecule has 0 bridgehead atoms. The van der Waals surface area contributed by atoms with Crippen molar-refractivity contribution in [1.82, 2.24) is 9.78 Å². The minimum Gasteiger partial charge on any atom is -0.489 e. The number of ether oxygens (including phenoxy) is 2. The lowest BCUT2D eigenvalue weighted by atomic mass is 10.1. The smallest absolute Gasteiger partial charge is 0.444 e. The molecule has 0 amide bonds. The van der Waals surface area contributed by atoms with Gasteiger partial charge in [0.25, 0.3) is 0 Å². The molecule has 0 aliphatic rings. The molecule has 6 heteroatoms. The summed E-state index contributed by atoms with van der Waals surface area (Å²) in [6, 6.07) is 17.1. The van der Waals surface area contributed by atoms with Gasteiger partial charge in [-0.3, -0.25) is 0 Å². The van der Waals surface area contributed by atoms with Crippen LogP contribution in [0.2, 0.25) is 0 Å². The summed E-state index contributed by atoms with van der Waals surface area (Å²) in [7, 11) is 0. The van der Waals surface area contributed by atoms with Gasteiger partial charge in [-0.05, 0) is 36.2 Å². The van der Waals surface area contributed by atoms with Crippen molar-refractivity contribution in [2.24, 2.45) is 0 Å². The van der Waals surface area contributed by atoms with E-state index in [0.29, 0.717) is 18.9 Å². The van der Waals surface area contributed by atoms with Crippen molar-refractivity contribution in [1.29, 1.82) is 0 Å². The first-order valence-corrected chi connectivity index (χ1v) is 12.3. The molecule has 0 unspecified atom stereocenters. The van der Waals surface area contributed by atoms with Crippen LogP contribution in [0.4, 0.5) is 0 Å². The zero-order valence-electron chi connectivity index (χ0n) is 19.7. The average molecular weight is 453 g/mol. The first kappa shape index (κ1) is 24.6. The monoisotopic (exact) mass is 452 g/mol. The van der Waals surface area contributed by atoms with Crippen LogP contribution in [0.1, 0.15) is 76.7 Å². The molecule has 3 aromatic rings. The largest absolute Gasteiger partial charge is 0.489 e. The molecule has 2 aromatic carbocycles. The van der Waals surface area contributed by atoms with Crippen LogP contribution >= 0.6 is 0 Å². The number of hydrogen-bond acceptors (Lipinski definition) is 5. The van der Waals surface area contributed by atoms with E-state index in [1.165, 1.54) is 56.0 Å². The highest BCUT2D eigenvalue weighted by molar-refractivity contribution is 5.36. The van der Waals surface area contributed by atoms with Crippen LogP contribution < -0.4 is 15.2 Å². The van der Waals surface area contributed by atoms with Gasteiger partial charge in [-0.2, -0.15) is 4.68 Å². The average Bonchev–Trinajstić information content (AvgIpc) is 3.22. The topological polar surface area (TPSA) is 66.5 Å². The van der Waals surface area contributed by atoms with Crippen molar-refractivity contribution in [2.75, 3.05) is 6.61 Å². The predicted molar refractivity (Wildman–Crippen MR) is 130 cm³/mol. The lowest BCUT2D eigenvalue weighted by molar-refractivity contribution is 0.219. The summed E-state index contributed by atoms with van der Waals surface area (Å²) < 4.78 is 17.7. The van der Waals surface area contributed by atoms with Crippen molar-refractivity contribution < 1.29 is 13.9 Å². The SMILES string of the molecule is CCCCCCCCCCCCOc1nn(-c2ccc(OCc3ccccc3)cc2)c(=O)o1. The molecule has 0 radical (unpaired) electrons. The fourth-order valence-corrected chi connectivity index (χ4v) is 3.66. The number of rotatable bonds is 16. The highest BCUT2D eigenvalue weighted by Crippen LogP contribution is 2.17. The molecule has 1 aromatic heterocycles. The molecule has 3 rings (SSSR count). The third-order valence-electron chi connectivity index (χ3n) is 5.58. The van der Waals surface area contributed by atoms with Crippen molar-refractivity contribution in [2.45, 2.75) is 77.7 Å². The Hall–Kier alpha value is -3.02. The normalized spacial score (nSPS) is 10.9. The van der Waals surface area contributed by atoms with Crippen LogP contribution in [0.5, 0.6) is 11.8 Å². The van der Waals surface area contributed by atoms with Crippen molar-refractivity contribution >= 4 is 0 Å². The molecule has 33 heavy (non-hydrogen) atoms. The van der Waals surface area contributed by atoms with Gasteiger partial charge >= 0.3 is 11.8 Å². The van der Waals surface area contributed by atoms with Crippen LogP contribution in [-0.4, -0.2) is 16.4 Å². The zero-order valence-corrected chi connectivity index (χ0v) is 19.7. The molecule has 0 atom stereocenters. The van der Waals surface area contributed by atoms with E-state index >= 15 is 0 Å². The van der Waals surface area contributed by atoms with Gasteiger partial charge in [0.05, 0.1) is 12.3 Å². The third kappa shape index (κ3) is 8.79. The molecule has 0 spiro atoms. The van der Waals surface area contributed by atoms with E-state index in [9.17, 15) is 4.79 Å². The van der Waals surface area contributed by atoms with Crippen LogP contribution in [0.25, 0.3) is 5.69 Å².